The predicted molar refractivity (Wildman–Crippen MR) is 63.8 cm³/mol. The van der Waals surface area contributed by atoms with E-state index in [9.17, 15) is 4.21 Å². The van der Waals surface area contributed by atoms with Gasteiger partial charge in [-0.3, -0.25) is 4.21 Å². The molecule has 0 aliphatic carbocycles. The zero-order valence-electron chi connectivity index (χ0n) is 8.79. The Kier molecular flexibility index (Phi) is 4.98. The molecule has 1 atom stereocenters. The van der Waals surface area contributed by atoms with Crippen LogP contribution in [0.1, 0.15) is 12.5 Å². The molecule has 0 radical (unpaired) electrons. The Morgan fingerprint density at radius 2 is 2.27 bits per heavy atom. The van der Waals surface area contributed by atoms with Crippen LogP contribution < -0.4 is 5.32 Å². The van der Waals surface area contributed by atoms with Crippen molar-refractivity contribution >= 4 is 28.2 Å². The van der Waals surface area contributed by atoms with Crippen molar-refractivity contribution in [2.45, 2.75) is 13.8 Å². The highest BCUT2D eigenvalue weighted by atomic mass is 35.5. The number of nitrogens with zero attached hydrogens (tertiary/aromatic N) is 2. The first-order chi connectivity index (χ1) is 7.15. The number of aromatic nitrogens is 2. The summed E-state index contributed by atoms with van der Waals surface area (Å²) in [4.78, 5) is 7.91. The van der Waals surface area contributed by atoms with Crippen LogP contribution in [0.25, 0.3) is 0 Å². The maximum atomic E-state index is 11.2. The van der Waals surface area contributed by atoms with Gasteiger partial charge in [0.25, 0.3) is 0 Å². The highest BCUT2D eigenvalue weighted by Gasteiger charge is 2.04. The largest absolute Gasteiger partial charge is 0.369 e. The monoisotopic (exact) mass is 247 g/mol. The smallest absolute Gasteiger partial charge is 0.137 e. The third kappa shape index (κ3) is 3.76. The summed E-state index contributed by atoms with van der Waals surface area (Å²) in [5.41, 5.74) is 0.821. The molecule has 1 aromatic rings. The lowest BCUT2D eigenvalue weighted by molar-refractivity contribution is 0.684. The topological polar surface area (TPSA) is 54.9 Å². The summed E-state index contributed by atoms with van der Waals surface area (Å²) in [5, 5.41) is 3.54. The number of hydrogen-bond acceptors (Lipinski definition) is 4. The second kappa shape index (κ2) is 6.02. The zero-order chi connectivity index (χ0) is 11.3. The van der Waals surface area contributed by atoms with Crippen LogP contribution in [0.15, 0.2) is 6.33 Å². The minimum atomic E-state index is -0.751. The molecular formula is C9H14ClN3OS. The fourth-order valence-electron chi connectivity index (χ4n) is 1.03. The van der Waals surface area contributed by atoms with Gasteiger partial charge in [-0.1, -0.05) is 18.5 Å². The second-order valence-corrected chi connectivity index (χ2v) is 5.22. The van der Waals surface area contributed by atoms with E-state index in [1.54, 1.807) is 0 Å². The molecule has 0 spiro atoms. The fraction of sp³-hybridized carbons (Fsp3) is 0.556. The van der Waals surface area contributed by atoms with E-state index in [-0.39, 0.29) is 0 Å². The normalized spacial score (nSPS) is 12.5. The Morgan fingerprint density at radius 3 is 2.93 bits per heavy atom. The first kappa shape index (κ1) is 12.4. The van der Waals surface area contributed by atoms with Gasteiger partial charge in [0.2, 0.25) is 0 Å². The van der Waals surface area contributed by atoms with Gasteiger partial charge in [0.15, 0.2) is 0 Å². The Balaban J connectivity index is 2.51. The lowest BCUT2D eigenvalue weighted by atomic mass is 10.3. The van der Waals surface area contributed by atoms with E-state index in [2.05, 4.69) is 15.3 Å². The van der Waals surface area contributed by atoms with E-state index in [1.165, 1.54) is 6.33 Å². The van der Waals surface area contributed by atoms with Crippen LogP contribution in [-0.4, -0.2) is 32.2 Å². The molecule has 0 aromatic carbocycles. The third-order valence-electron chi connectivity index (χ3n) is 1.97. The number of rotatable bonds is 5. The van der Waals surface area contributed by atoms with E-state index in [1.807, 2.05) is 13.8 Å². The molecule has 0 saturated heterocycles. The summed E-state index contributed by atoms with van der Waals surface area (Å²) >= 11 is 5.83. The average molecular weight is 248 g/mol. The SMILES string of the molecule is CCS(=O)CCNc1ncnc(Cl)c1C. The number of nitrogens with one attached hydrogen (secondary N) is 1. The van der Waals surface area contributed by atoms with Gasteiger partial charge in [0, 0.05) is 34.4 Å². The average Bonchev–Trinajstić information content (AvgIpc) is 2.24. The molecule has 15 heavy (non-hydrogen) atoms. The van der Waals surface area contributed by atoms with Gasteiger partial charge in [0.1, 0.15) is 17.3 Å². The van der Waals surface area contributed by atoms with Crippen LogP contribution in [0.2, 0.25) is 5.15 Å². The van der Waals surface area contributed by atoms with E-state index in [0.29, 0.717) is 29.0 Å². The fourth-order valence-corrected chi connectivity index (χ4v) is 1.79. The minimum Gasteiger partial charge on any atom is -0.369 e. The van der Waals surface area contributed by atoms with Gasteiger partial charge in [-0.05, 0) is 6.92 Å². The Hall–Kier alpha value is -0.680. The molecule has 1 heterocycles. The van der Waals surface area contributed by atoms with Crippen LogP contribution >= 0.6 is 11.6 Å². The molecular weight excluding hydrogens is 234 g/mol. The first-order valence-electron chi connectivity index (χ1n) is 4.71. The van der Waals surface area contributed by atoms with Crippen molar-refractivity contribution in [3.8, 4) is 0 Å². The van der Waals surface area contributed by atoms with Gasteiger partial charge in [-0.25, -0.2) is 9.97 Å². The summed E-state index contributed by atoms with van der Waals surface area (Å²) in [6.45, 7) is 4.39. The highest BCUT2D eigenvalue weighted by molar-refractivity contribution is 7.84. The standard InChI is InChI=1S/C9H14ClN3OS/c1-3-15(14)5-4-11-9-7(2)8(10)12-6-13-9/h6H,3-5H2,1-2H3,(H,11,12,13). The maximum Gasteiger partial charge on any atom is 0.137 e. The molecule has 4 nitrogen and oxygen atoms in total. The van der Waals surface area contributed by atoms with Crippen LogP contribution in [0, 0.1) is 6.92 Å². The molecule has 6 heteroatoms. The highest BCUT2D eigenvalue weighted by Crippen LogP contribution is 2.17. The molecule has 84 valence electrons. The summed E-state index contributed by atoms with van der Waals surface area (Å²) in [6, 6.07) is 0. The molecule has 0 saturated carbocycles. The van der Waals surface area contributed by atoms with E-state index >= 15 is 0 Å². The zero-order valence-corrected chi connectivity index (χ0v) is 10.4. The van der Waals surface area contributed by atoms with Gasteiger partial charge < -0.3 is 5.32 Å². The third-order valence-corrected chi connectivity index (χ3v) is 3.65. The Morgan fingerprint density at radius 1 is 1.53 bits per heavy atom. The summed E-state index contributed by atoms with van der Waals surface area (Å²) < 4.78 is 11.2. The molecule has 0 aliphatic rings. The van der Waals surface area contributed by atoms with Crippen molar-refractivity contribution in [1.82, 2.24) is 9.97 Å². The summed E-state index contributed by atoms with van der Waals surface area (Å²) in [7, 11) is -0.751. The summed E-state index contributed by atoms with van der Waals surface area (Å²) in [5.74, 6) is 2.02. The molecule has 0 aliphatic heterocycles. The van der Waals surface area contributed by atoms with Crippen molar-refractivity contribution in [3.63, 3.8) is 0 Å². The molecule has 0 bridgehead atoms. The number of hydrogen-bond donors (Lipinski definition) is 1. The van der Waals surface area contributed by atoms with Crippen LogP contribution in [0.5, 0.6) is 0 Å². The molecule has 0 amide bonds. The van der Waals surface area contributed by atoms with Crippen LogP contribution in [0.4, 0.5) is 5.82 Å². The van der Waals surface area contributed by atoms with Gasteiger partial charge in [0.05, 0.1) is 0 Å². The Bertz CT molecular complexity index is 359. The van der Waals surface area contributed by atoms with E-state index in [4.69, 9.17) is 11.6 Å². The predicted octanol–water partition coefficient (Wildman–Crippen LogP) is 1.62. The summed E-state index contributed by atoms with van der Waals surface area (Å²) in [6.07, 6.45) is 1.41. The van der Waals surface area contributed by atoms with Crippen molar-refractivity contribution < 1.29 is 4.21 Å². The van der Waals surface area contributed by atoms with Gasteiger partial charge in [-0.15, -0.1) is 0 Å². The van der Waals surface area contributed by atoms with Crippen LogP contribution in [-0.2, 0) is 10.8 Å². The molecule has 1 N–H and O–H groups in total. The van der Waals surface area contributed by atoms with Crippen molar-refractivity contribution in [1.29, 1.82) is 0 Å². The molecule has 1 unspecified atom stereocenters. The lowest BCUT2D eigenvalue weighted by Crippen LogP contribution is -2.13. The quantitative estimate of drug-likeness (QED) is 0.804. The van der Waals surface area contributed by atoms with Crippen molar-refractivity contribution in [3.05, 3.63) is 17.0 Å². The van der Waals surface area contributed by atoms with E-state index in [0.717, 1.165) is 5.56 Å². The lowest BCUT2D eigenvalue weighted by Gasteiger charge is -2.07. The van der Waals surface area contributed by atoms with E-state index < -0.39 is 10.8 Å². The van der Waals surface area contributed by atoms with Crippen LogP contribution in [0.3, 0.4) is 0 Å². The molecule has 1 rings (SSSR count). The molecule has 0 fully saturated rings. The minimum absolute atomic E-state index is 0.448. The first-order valence-corrected chi connectivity index (χ1v) is 6.57. The van der Waals surface area contributed by atoms with Crippen molar-refractivity contribution in [2.24, 2.45) is 0 Å². The maximum absolute atomic E-state index is 11.2. The number of halogens is 1. The Labute approximate surface area is 96.9 Å². The second-order valence-electron chi connectivity index (χ2n) is 3.00. The van der Waals surface area contributed by atoms with Gasteiger partial charge >= 0.3 is 0 Å². The number of anilines is 1. The van der Waals surface area contributed by atoms with Gasteiger partial charge in [-0.2, -0.15) is 0 Å². The molecule has 1 aromatic heterocycles. The van der Waals surface area contributed by atoms with Crippen molar-refractivity contribution in [2.75, 3.05) is 23.4 Å².